The minimum Gasteiger partial charge on any atom is -0.328 e. The van der Waals surface area contributed by atoms with Crippen LogP contribution in [0.15, 0.2) is 23.1 Å². The smallest absolute Gasteiger partial charge is 0.328 e. The van der Waals surface area contributed by atoms with Crippen LogP contribution >= 0.6 is 0 Å². The Morgan fingerprint density at radius 2 is 1.89 bits per heavy atom. The van der Waals surface area contributed by atoms with Crippen molar-refractivity contribution < 1.29 is 26.0 Å². The molecule has 0 radical (unpaired) electrons. The average Bonchev–Trinajstić information content (AvgIpc) is 2.18. The lowest BCUT2D eigenvalue weighted by Gasteiger charge is -2.14. The van der Waals surface area contributed by atoms with Gasteiger partial charge in [-0.3, -0.25) is 0 Å². The van der Waals surface area contributed by atoms with Crippen LogP contribution < -0.4 is 5.73 Å². The zero-order valence-electron chi connectivity index (χ0n) is 9.33. The Morgan fingerprint density at radius 1 is 1.33 bits per heavy atom. The fourth-order valence-corrected chi connectivity index (χ4v) is 2.43. The minimum absolute atomic E-state index is 0.0923. The number of alkyl halides is 3. The average molecular weight is 285 g/mol. The standard InChI is InChI=1S/C10H11F4NO2S/c1-6(15)4-7-2-3-8(11)5-9(7)18(16,17)10(12,13)14/h2-3,5-6H,4,15H2,1H3. The summed E-state index contributed by atoms with van der Waals surface area (Å²) < 4.78 is 72.8. The second kappa shape index (κ2) is 4.85. The van der Waals surface area contributed by atoms with Crippen molar-refractivity contribution in [2.75, 3.05) is 0 Å². The second-order valence-electron chi connectivity index (χ2n) is 3.88. The molecular weight excluding hydrogens is 274 g/mol. The number of halogens is 4. The molecule has 1 aromatic carbocycles. The van der Waals surface area contributed by atoms with Gasteiger partial charge < -0.3 is 5.73 Å². The van der Waals surface area contributed by atoms with Gasteiger partial charge in [-0.05, 0) is 31.0 Å². The highest BCUT2D eigenvalue weighted by Gasteiger charge is 2.47. The highest BCUT2D eigenvalue weighted by molar-refractivity contribution is 7.92. The van der Waals surface area contributed by atoms with Gasteiger partial charge in [-0.2, -0.15) is 13.2 Å². The molecular formula is C10H11F4NO2S. The Bertz CT molecular complexity index is 537. The van der Waals surface area contributed by atoms with Gasteiger partial charge in [-0.15, -0.1) is 0 Å². The number of hydrogen-bond donors (Lipinski definition) is 1. The Kier molecular flexibility index (Phi) is 4.02. The normalized spacial score (nSPS) is 14.6. The van der Waals surface area contributed by atoms with Gasteiger partial charge in [0.2, 0.25) is 0 Å². The van der Waals surface area contributed by atoms with E-state index in [1.165, 1.54) is 6.92 Å². The number of benzene rings is 1. The summed E-state index contributed by atoms with van der Waals surface area (Å²) in [5.74, 6) is -1.05. The molecule has 18 heavy (non-hydrogen) atoms. The molecule has 102 valence electrons. The fourth-order valence-electron chi connectivity index (χ4n) is 1.42. The van der Waals surface area contributed by atoms with Crippen molar-refractivity contribution >= 4 is 9.84 Å². The third-order valence-corrected chi connectivity index (χ3v) is 3.73. The van der Waals surface area contributed by atoms with E-state index in [0.717, 1.165) is 12.1 Å². The van der Waals surface area contributed by atoms with Crippen LogP contribution in [-0.2, 0) is 16.3 Å². The van der Waals surface area contributed by atoms with E-state index in [9.17, 15) is 26.0 Å². The first-order valence-corrected chi connectivity index (χ1v) is 6.39. The predicted molar refractivity (Wildman–Crippen MR) is 57.0 cm³/mol. The topological polar surface area (TPSA) is 60.2 Å². The van der Waals surface area contributed by atoms with E-state index in [4.69, 9.17) is 5.73 Å². The number of nitrogens with two attached hydrogens (primary N) is 1. The molecule has 1 aromatic rings. The molecule has 8 heteroatoms. The van der Waals surface area contributed by atoms with Crippen molar-refractivity contribution in [3.8, 4) is 0 Å². The zero-order chi connectivity index (χ0) is 14.1. The van der Waals surface area contributed by atoms with Crippen molar-refractivity contribution in [2.45, 2.75) is 29.8 Å². The van der Waals surface area contributed by atoms with Gasteiger partial charge in [0.25, 0.3) is 9.84 Å². The van der Waals surface area contributed by atoms with Crippen LogP contribution in [0.3, 0.4) is 0 Å². The molecule has 0 saturated heterocycles. The summed E-state index contributed by atoms with van der Waals surface area (Å²) in [7, 11) is -5.57. The van der Waals surface area contributed by atoms with E-state index in [2.05, 4.69) is 0 Å². The number of rotatable bonds is 3. The monoisotopic (exact) mass is 285 g/mol. The summed E-state index contributed by atoms with van der Waals surface area (Å²) in [6, 6.07) is 1.71. The highest BCUT2D eigenvalue weighted by Crippen LogP contribution is 2.32. The molecule has 3 nitrogen and oxygen atoms in total. The zero-order valence-corrected chi connectivity index (χ0v) is 10.1. The van der Waals surface area contributed by atoms with Gasteiger partial charge in [-0.25, -0.2) is 12.8 Å². The molecule has 0 amide bonds. The molecule has 0 heterocycles. The van der Waals surface area contributed by atoms with Crippen LogP contribution in [0.5, 0.6) is 0 Å². The predicted octanol–water partition coefficient (Wildman–Crippen LogP) is 2.01. The van der Waals surface area contributed by atoms with Crippen LogP contribution in [0, 0.1) is 5.82 Å². The van der Waals surface area contributed by atoms with E-state index in [1.54, 1.807) is 0 Å². The molecule has 0 fully saturated rings. The van der Waals surface area contributed by atoms with Gasteiger partial charge >= 0.3 is 5.51 Å². The Hall–Kier alpha value is -1.15. The fraction of sp³-hybridized carbons (Fsp3) is 0.400. The molecule has 1 unspecified atom stereocenters. The van der Waals surface area contributed by atoms with Crippen molar-refractivity contribution in [3.63, 3.8) is 0 Å². The summed E-state index contributed by atoms with van der Waals surface area (Å²) >= 11 is 0. The highest BCUT2D eigenvalue weighted by atomic mass is 32.2. The van der Waals surface area contributed by atoms with E-state index in [-0.39, 0.29) is 12.0 Å². The first-order valence-electron chi connectivity index (χ1n) is 4.91. The van der Waals surface area contributed by atoms with Crippen LogP contribution in [0.1, 0.15) is 12.5 Å². The Balaban J connectivity index is 3.43. The van der Waals surface area contributed by atoms with Gasteiger partial charge in [0, 0.05) is 6.04 Å². The maximum absolute atomic E-state index is 12.9. The lowest BCUT2D eigenvalue weighted by Crippen LogP contribution is -2.26. The largest absolute Gasteiger partial charge is 0.501 e. The lowest BCUT2D eigenvalue weighted by atomic mass is 10.1. The Morgan fingerprint density at radius 3 is 2.33 bits per heavy atom. The molecule has 0 aliphatic rings. The van der Waals surface area contributed by atoms with E-state index >= 15 is 0 Å². The van der Waals surface area contributed by atoms with Gasteiger partial charge in [-0.1, -0.05) is 6.07 Å². The molecule has 0 bridgehead atoms. The van der Waals surface area contributed by atoms with E-state index in [1.807, 2.05) is 0 Å². The van der Waals surface area contributed by atoms with Crippen LogP contribution in [0.4, 0.5) is 17.6 Å². The van der Waals surface area contributed by atoms with Gasteiger partial charge in [0.05, 0.1) is 4.90 Å². The summed E-state index contributed by atoms with van der Waals surface area (Å²) in [4.78, 5) is -1.08. The summed E-state index contributed by atoms with van der Waals surface area (Å²) in [5, 5.41) is 0. The molecule has 1 atom stereocenters. The molecule has 0 aliphatic carbocycles. The second-order valence-corrected chi connectivity index (χ2v) is 5.79. The molecule has 0 aliphatic heterocycles. The summed E-state index contributed by atoms with van der Waals surface area (Å²) in [6.45, 7) is 1.51. The Labute approximate surface area is 102 Å². The maximum atomic E-state index is 12.9. The molecule has 0 spiro atoms. The van der Waals surface area contributed by atoms with Gasteiger partial charge in [0.1, 0.15) is 5.82 Å². The molecule has 0 saturated carbocycles. The first-order chi connectivity index (χ1) is 8.05. The van der Waals surface area contributed by atoms with Crippen molar-refractivity contribution in [1.29, 1.82) is 0 Å². The third kappa shape index (κ3) is 2.99. The van der Waals surface area contributed by atoms with Crippen LogP contribution in [0.25, 0.3) is 0 Å². The maximum Gasteiger partial charge on any atom is 0.501 e. The molecule has 0 aromatic heterocycles. The molecule has 1 rings (SSSR count). The number of hydrogen-bond acceptors (Lipinski definition) is 3. The summed E-state index contributed by atoms with van der Waals surface area (Å²) in [5.41, 5.74) is -0.200. The number of sulfone groups is 1. The summed E-state index contributed by atoms with van der Waals surface area (Å²) in [6.07, 6.45) is -0.0923. The van der Waals surface area contributed by atoms with Crippen LogP contribution in [0.2, 0.25) is 0 Å². The lowest BCUT2D eigenvalue weighted by molar-refractivity contribution is -0.0436. The van der Waals surface area contributed by atoms with E-state index in [0.29, 0.717) is 6.07 Å². The quantitative estimate of drug-likeness (QED) is 0.864. The SMILES string of the molecule is CC(N)Cc1ccc(F)cc1S(=O)(=O)C(F)(F)F. The van der Waals surface area contributed by atoms with Crippen molar-refractivity contribution in [2.24, 2.45) is 5.73 Å². The molecule has 2 N–H and O–H groups in total. The van der Waals surface area contributed by atoms with Crippen molar-refractivity contribution in [1.82, 2.24) is 0 Å². The van der Waals surface area contributed by atoms with Crippen LogP contribution in [-0.4, -0.2) is 20.0 Å². The van der Waals surface area contributed by atoms with Crippen molar-refractivity contribution in [3.05, 3.63) is 29.6 Å². The van der Waals surface area contributed by atoms with Gasteiger partial charge in [0.15, 0.2) is 0 Å². The van der Waals surface area contributed by atoms with E-state index < -0.39 is 32.1 Å². The first kappa shape index (κ1) is 14.9. The third-order valence-electron chi connectivity index (χ3n) is 2.17. The minimum atomic E-state index is -5.57.